The molecule has 1 saturated carbocycles. The molecule has 1 fully saturated rings. The van der Waals surface area contributed by atoms with Crippen LogP contribution in [0.4, 0.5) is 8.78 Å². The molecule has 6 nitrogen and oxygen atoms in total. The molecule has 3 aromatic carbocycles. The normalized spacial score (nSPS) is 17.4. The van der Waals surface area contributed by atoms with Crippen LogP contribution in [0, 0.1) is 11.6 Å². The molecule has 1 amide bonds. The standard InChI is InChI=1S/C32H33ClF2N2O4S2/c1-36(2)22-8-10-23(11-9-22)37(32(38)31-29(33)28-25(34)14-15-26(35)30(28)42-31)18-21-17-20(7-16-27(21)41-3)19-5-12-24(13-6-19)43(4,39)40/h5-7,12-17,22-23H,8-11,18H2,1-4H3/t22-,23-. The second-order valence-corrected chi connectivity index (χ2v) is 14.6. The summed E-state index contributed by atoms with van der Waals surface area (Å²) in [6.07, 6.45) is 4.48. The van der Waals surface area contributed by atoms with Crippen molar-refractivity contribution in [3.05, 3.63) is 81.7 Å². The highest BCUT2D eigenvalue weighted by molar-refractivity contribution is 7.90. The lowest BCUT2D eigenvalue weighted by molar-refractivity contribution is 0.0573. The topological polar surface area (TPSA) is 66.9 Å². The van der Waals surface area contributed by atoms with Crippen LogP contribution in [0.2, 0.25) is 5.02 Å². The SMILES string of the molecule is COc1ccc(-c2ccc(S(C)(=O)=O)cc2)cc1CN(C(=O)c1sc2c(F)ccc(F)c2c1Cl)[C@H]1CC[C@H](N(C)C)CC1. The van der Waals surface area contributed by atoms with Gasteiger partial charge in [-0.05, 0) is 87.3 Å². The lowest BCUT2D eigenvalue weighted by atomic mass is 9.89. The molecule has 0 bridgehead atoms. The minimum Gasteiger partial charge on any atom is -0.496 e. The van der Waals surface area contributed by atoms with Crippen LogP contribution in [0.25, 0.3) is 21.2 Å². The first kappa shape index (κ1) is 31.4. The number of halogens is 3. The lowest BCUT2D eigenvalue weighted by Crippen LogP contribution is -2.44. The van der Waals surface area contributed by atoms with Crippen molar-refractivity contribution in [1.82, 2.24) is 9.80 Å². The van der Waals surface area contributed by atoms with Crippen LogP contribution in [0.1, 0.15) is 40.9 Å². The molecule has 1 aliphatic carbocycles. The fourth-order valence-corrected chi connectivity index (χ4v) is 7.91. The Morgan fingerprint density at radius 3 is 2.14 bits per heavy atom. The molecule has 1 aromatic heterocycles. The van der Waals surface area contributed by atoms with E-state index >= 15 is 0 Å². The third kappa shape index (κ3) is 6.43. The summed E-state index contributed by atoms with van der Waals surface area (Å²) in [4.78, 5) is 18.5. The molecule has 0 saturated heterocycles. The van der Waals surface area contributed by atoms with Crippen LogP contribution in [0.3, 0.4) is 0 Å². The van der Waals surface area contributed by atoms with Gasteiger partial charge in [-0.25, -0.2) is 17.2 Å². The Bertz CT molecular complexity index is 1770. The Morgan fingerprint density at radius 2 is 1.56 bits per heavy atom. The van der Waals surface area contributed by atoms with Crippen LogP contribution in [0.15, 0.2) is 59.5 Å². The highest BCUT2D eigenvalue weighted by atomic mass is 35.5. The number of hydrogen-bond donors (Lipinski definition) is 0. The van der Waals surface area contributed by atoms with Crippen molar-refractivity contribution in [3.8, 4) is 16.9 Å². The van der Waals surface area contributed by atoms with Gasteiger partial charge in [0.1, 0.15) is 22.3 Å². The van der Waals surface area contributed by atoms with Crippen molar-refractivity contribution >= 4 is 48.8 Å². The van der Waals surface area contributed by atoms with E-state index in [-0.39, 0.29) is 43.4 Å². The maximum absolute atomic E-state index is 14.7. The van der Waals surface area contributed by atoms with E-state index in [2.05, 4.69) is 4.90 Å². The van der Waals surface area contributed by atoms with Crippen LogP contribution in [-0.4, -0.2) is 63.7 Å². The van der Waals surface area contributed by atoms with Gasteiger partial charge in [0.05, 0.1) is 27.1 Å². The fourth-order valence-electron chi connectivity index (χ4n) is 5.78. The van der Waals surface area contributed by atoms with Crippen LogP contribution >= 0.6 is 22.9 Å². The van der Waals surface area contributed by atoms with Gasteiger partial charge in [0, 0.05) is 30.4 Å². The largest absolute Gasteiger partial charge is 0.496 e. The quantitative estimate of drug-likeness (QED) is 0.199. The number of hydrogen-bond acceptors (Lipinski definition) is 6. The van der Waals surface area contributed by atoms with Gasteiger partial charge in [-0.2, -0.15) is 0 Å². The Labute approximate surface area is 259 Å². The number of sulfone groups is 1. The van der Waals surface area contributed by atoms with E-state index in [4.69, 9.17) is 16.3 Å². The van der Waals surface area contributed by atoms with Crippen molar-refractivity contribution in [2.24, 2.45) is 0 Å². The number of benzene rings is 3. The molecule has 0 N–H and O–H groups in total. The molecule has 43 heavy (non-hydrogen) atoms. The van der Waals surface area contributed by atoms with Crippen molar-refractivity contribution in [1.29, 1.82) is 0 Å². The Morgan fingerprint density at radius 1 is 0.953 bits per heavy atom. The van der Waals surface area contributed by atoms with Gasteiger partial charge in [-0.1, -0.05) is 29.8 Å². The van der Waals surface area contributed by atoms with E-state index in [1.165, 1.54) is 0 Å². The minimum absolute atomic E-state index is 0.0155. The average molecular weight is 647 g/mol. The highest BCUT2D eigenvalue weighted by Crippen LogP contribution is 2.41. The number of carbonyl (C=O) groups excluding carboxylic acids is 1. The third-order valence-corrected chi connectivity index (χ3v) is 11.0. The summed E-state index contributed by atoms with van der Waals surface area (Å²) >= 11 is 7.44. The first-order chi connectivity index (χ1) is 20.4. The zero-order valence-corrected chi connectivity index (χ0v) is 26.8. The molecule has 1 heterocycles. The van der Waals surface area contributed by atoms with E-state index in [1.54, 1.807) is 36.3 Å². The second kappa shape index (κ2) is 12.5. The first-order valence-electron chi connectivity index (χ1n) is 13.9. The number of fused-ring (bicyclic) bond motifs is 1. The van der Waals surface area contributed by atoms with Crippen LogP contribution < -0.4 is 4.74 Å². The molecule has 4 aromatic rings. The van der Waals surface area contributed by atoms with Crippen molar-refractivity contribution < 1.29 is 26.7 Å². The van der Waals surface area contributed by atoms with Gasteiger partial charge in [-0.3, -0.25) is 4.79 Å². The van der Waals surface area contributed by atoms with E-state index in [9.17, 15) is 22.0 Å². The summed E-state index contributed by atoms with van der Waals surface area (Å²) in [6.45, 7) is 0.185. The summed E-state index contributed by atoms with van der Waals surface area (Å²) in [6, 6.07) is 14.6. The Kier molecular flexibility index (Phi) is 9.13. The zero-order chi connectivity index (χ0) is 31.1. The smallest absolute Gasteiger partial charge is 0.266 e. The van der Waals surface area contributed by atoms with Gasteiger partial charge in [0.25, 0.3) is 5.91 Å². The van der Waals surface area contributed by atoms with Crippen molar-refractivity contribution in [2.45, 2.75) is 49.2 Å². The number of rotatable bonds is 8. The van der Waals surface area contributed by atoms with Gasteiger partial charge in [0.15, 0.2) is 9.84 Å². The molecule has 228 valence electrons. The van der Waals surface area contributed by atoms with Crippen LogP contribution in [-0.2, 0) is 16.4 Å². The second-order valence-electron chi connectivity index (χ2n) is 11.2. The predicted octanol–water partition coefficient (Wildman–Crippen LogP) is 7.43. The van der Waals surface area contributed by atoms with Gasteiger partial charge >= 0.3 is 0 Å². The molecule has 0 spiro atoms. The Balaban J connectivity index is 1.55. The van der Waals surface area contributed by atoms with E-state index in [0.29, 0.717) is 11.8 Å². The number of amides is 1. The van der Waals surface area contributed by atoms with E-state index in [0.717, 1.165) is 72.1 Å². The molecule has 5 rings (SSSR count). The summed E-state index contributed by atoms with van der Waals surface area (Å²) in [5.74, 6) is -1.11. The molecule has 1 aliphatic rings. The highest BCUT2D eigenvalue weighted by Gasteiger charge is 2.33. The van der Waals surface area contributed by atoms with Gasteiger partial charge in [-0.15, -0.1) is 11.3 Å². The molecule has 0 aliphatic heterocycles. The van der Waals surface area contributed by atoms with Crippen LogP contribution in [0.5, 0.6) is 5.75 Å². The van der Waals surface area contributed by atoms with Gasteiger partial charge < -0.3 is 14.5 Å². The molecule has 0 atom stereocenters. The van der Waals surface area contributed by atoms with Crippen molar-refractivity contribution in [3.63, 3.8) is 0 Å². The zero-order valence-electron chi connectivity index (χ0n) is 24.4. The molecular weight excluding hydrogens is 614 g/mol. The monoisotopic (exact) mass is 646 g/mol. The lowest BCUT2D eigenvalue weighted by Gasteiger charge is -2.39. The molecule has 11 heteroatoms. The Hall–Kier alpha value is -3.05. The van der Waals surface area contributed by atoms with E-state index < -0.39 is 21.5 Å². The average Bonchev–Trinajstić information content (AvgIpc) is 3.35. The number of nitrogens with zero attached hydrogens (tertiary/aromatic N) is 2. The molecular formula is C32H33ClF2N2O4S2. The van der Waals surface area contributed by atoms with Gasteiger partial charge in [0.2, 0.25) is 0 Å². The summed E-state index contributed by atoms with van der Waals surface area (Å²) < 4.78 is 58.9. The number of carbonyl (C=O) groups is 1. The first-order valence-corrected chi connectivity index (χ1v) is 17.0. The predicted molar refractivity (Wildman–Crippen MR) is 168 cm³/mol. The third-order valence-electron chi connectivity index (χ3n) is 8.21. The molecule has 0 radical (unpaired) electrons. The summed E-state index contributed by atoms with van der Waals surface area (Å²) in [5.41, 5.74) is 2.37. The number of methoxy groups -OCH3 is 1. The number of ether oxygens (including phenoxy) is 1. The fraction of sp³-hybridized carbons (Fsp3) is 0.344. The van der Waals surface area contributed by atoms with E-state index in [1.807, 2.05) is 32.3 Å². The maximum atomic E-state index is 14.7. The summed E-state index contributed by atoms with van der Waals surface area (Å²) in [7, 11) is 2.32. The summed E-state index contributed by atoms with van der Waals surface area (Å²) in [5, 5.41) is -0.163. The maximum Gasteiger partial charge on any atom is 0.266 e. The van der Waals surface area contributed by atoms with Crippen molar-refractivity contribution in [2.75, 3.05) is 27.5 Å². The molecule has 0 unspecified atom stereocenters. The minimum atomic E-state index is -3.34. The number of thiophene rings is 1.